The molecule has 1 saturated carbocycles. The molecule has 3 nitrogen and oxygen atoms in total. The largest absolute Gasteiger partial charge is 0.461 e. The SMILES string of the molecule is O=C(C[C@H]1C[C@@H]1CO)OCc1ccccc1. The number of rotatable bonds is 5. The molecule has 0 aromatic heterocycles. The maximum Gasteiger partial charge on any atom is 0.306 e. The lowest BCUT2D eigenvalue weighted by Gasteiger charge is -2.04. The number of ether oxygens (including phenoxy) is 1. The van der Waals surface area contributed by atoms with Gasteiger partial charge in [-0.05, 0) is 23.8 Å². The van der Waals surface area contributed by atoms with Crippen LogP contribution < -0.4 is 0 Å². The van der Waals surface area contributed by atoms with E-state index in [1.807, 2.05) is 30.3 Å². The van der Waals surface area contributed by atoms with Crippen molar-refractivity contribution in [2.75, 3.05) is 6.61 Å². The molecule has 1 aromatic rings. The van der Waals surface area contributed by atoms with Gasteiger partial charge in [-0.2, -0.15) is 0 Å². The topological polar surface area (TPSA) is 46.5 Å². The minimum atomic E-state index is -0.162. The molecule has 3 heteroatoms. The van der Waals surface area contributed by atoms with Crippen LogP contribution in [0.5, 0.6) is 0 Å². The maximum absolute atomic E-state index is 11.4. The van der Waals surface area contributed by atoms with Crippen LogP contribution in [-0.4, -0.2) is 17.7 Å². The summed E-state index contributed by atoms with van der Waals surface area (Å²) in [4.78, 5) is 11.4. The molecule has 86 valence electrons. The quantitative estimate of drug-likeness (QED) is 0.769. The molecule has 0 aliphatic heterocycles. The van der Waals surface area contributed by atoms with Crippen molar-refractivity contribution in [3.63, 3.8) is 0 Å². The predicted molar refractivity (Wildman–Crippen MR) is 59.5 cm³/mol. The van der Waals surface area contributed by atoms with Crippen molar-refractivity contribution >= 4 is 5.97 Å². The van der Waals surface area contributed by atoms with Crippen LogP contribution in [0.4, 0.5) is 0 Å². The van der Waals surface area contributed by atoms with Gasteiger partial charge in [-0.3, -0.25) is 4.79 Å². The fraction of sp³-hybridized carbons (Fsp3) is 0.462. The van der Waals surface area contributed by atoms with Crippen molar-refractivity contribution in [1.29, 1.82) is 0 Å². The molecule has 1 aromatic carbocycles. The lowest BCUT2D eigenvalue weighted by molar-refractivity contribution is -0.145. The molecule has 0 unspecified atom stereocenters. The van der Waals surface area contributed by atoms with E-state index in [1.165, 1.54) is 0 Å². The Bertz CT molecular complexity index is 347. The molecular formula is C13H16O3. The van der Waals surface area contributed by atoms with Gasteiger partial charge in [0.2, 0.25) is 0 Å². The molecule has 1 fully saturated rings. The Morgan fingerprint density at radius 1 is 1.31 bits per heavy atom. The van der Waals surface area contributed by atoms with Gasteiger partial charge in [0.05, 0.1) is 0 Å². The Kier molecular flexibility index (Phi) is 3.57. The molecule has 1 aliphatic carbocycles. The van der Waals surface area contributed by atoms with Crippen molar-refractivity contribution in [1.82, 2.24) is 0 Å². The number of hydrogen-bond acceptors (Lipinski definition) is 3. The first-order valence-electron chi connectivity index (χ1n) is 5.60. The van der Waals surface area contributed by atoms with Crippen LogP contribution in [0, 0.1) is 11.8 Å². The summed E-state index contributed by atoms with van der Waals surface area (Å²) in [6.45, 7) is 0.535. The van der Waals surface area contributed by atoms with E-state index in [0.717, 1.165) is 12.0 Å². The van der Waals surface area contributed by atoms with Gasteiger partial charge in [0.25, 0.3) is 0 Å². The first kappa shape index (κ1) is 11.1. The van der Waals surface area contributed by atoms with Gasteiger partial charge in [-0.1, -0.05) is 30.3 Å². The Morgan fingerprint density at radius 2 is 2.06 bits per heavy atom. The summed E-state index contributed by atoms with van der Waals surface area (Å²) < 4.78 is 5.15. The highest BCUT2D eigenvalue weighted by Crippen LogP contribution is 2.40. The van der Waals surface area contributed by atoms with E-state index in [9.17, 15) is 4.79 Å². The molecule has 0 spiro atoms. The van der Waals surface area contributed by atoms with E-state index >= 15 is 0 Å². The van der Waals surface area contributed by atoms with Crippen molar-refractivity contribution in [3.05, 3.63) is 35.9 Å². The molecule has 1 aliphatic rings. The number of hydrogen-bond donors (Lipinski definition) is 1. The lowest BCUT2D eigenvalue weighted by atomic mass is 10.2. The van der Waals surface area contributed by atoms with Gasteiger partial charge in [0.1, 0.15) is 6.61 Å². The average molecular weight is 220 g/mol. The average Bonchev–Trinajstić information content (AvgIpc) is 3.06. The molecule has 0 amide bonds. The first-order chi connectivity index (χ1) is 7.79. The highest BCUT2D eigenvalue weighted by molar-refractivity contribution is 5.70. The Balaban J connectivity index is 1.69. The summed E-state index contributed by atoms with van der Waals surface area (Å²) in [7, 11) is 0. The summed E-state index contributed by atoms with van der Waals surface area (Å²) in [5.74, 6) is 0.502. The van der Waals surface area contributed by atoms with Crippen LogP contribution in [0.25, 0.3) is 0 Å². The van der Waals surface area contributed by atoms with E-state index in [-0.39, 0.29) is 12.6 Å². The summed E-state index contributed by atoms with van der Waals surface area (Å²) in [6, 6.07) is 9.64. The summed E-state index contributed by atoms with van der Waals surface area (Å²) in [5.41, 5.74) is 1.00. The standard InChI is InChI=1S/C13H16O3/c14-8-12-6-11(12)7-13(15)16-9-10-4-2-1-3-5-10/h1-5,11-12,14H,6-9H2/t11-,12-/m1/s1. The molecule has 2 rings (SSSR count). The third kappa shape index (κ3) is 3.07. The van der Waals surface area contributed by atoms with E-state index in [4.69, 9.17) is 9.84 Å². The number of carbonyl (C=O) groups excluding carboxylic acids is 1. The second-order valence-corrected chi connectivity index (χ2v) is 4.29. The van der Waals surface area contributed by atoms with Crippen LogP contribution in [0.2, 0.25) is 0 Å². The Morgan fingerprint density at radius 3 is 2.69 bits per heavy atom. The number of carbonyl (C=O) groups is 1. The highest BCUT2D eigenvalue weighted by atomic mass is 16.5. The van der Waals surface area contributed by atoms with E-state index < -0.39 is 0 Å². The summed E-state index contributed by atoms with van der Waals surface area (Å²) in [5, 5.41) is 8.85. The second-order valence-electron chi connectivity index (χ2n) is 4.29. The lowest BCUT2D eigenvalue weighted by Crippen LogP contribution is -2.06. The number of esters is 1. The summed E-state index contributed by atoms with van der Waals surface area (Å²) >= 11 is 0. The molecule has 0 bridgehead atoms. The minimum absolute atomic E-state index is 0.162. The summed E-state index contributed by atoms with van der Waals surface area (Å²) in [6.07, 6.45) is 1.40. The van der Waals surface area contributed by atoms with E-state index in [1.54, 1.807) is 0 Å². The maximum atomic E-state index is 11.4. The first-order valence-corrected chi connectivity index (χ1v) is 5.60. The van der Waals surface area contributed by atoms with Crippen LogP contribution in [-0.2, 0) is 16.1 Å². The molecule has 0 radical (unpaired) electrons. The van der Waals surface area contributed by atoms with Crippen LogP contribution in [0.1, 0.15) is 18.4 Å². The van der Waals surface area contributed by atoms with Crippen molar-refractivity contribution in [2.24, 2.45) is 11.8 Å². The van der Waals surface area contributed by atoms with Gasteiger partial charge < -0.3 is 9.84 Å². The third-order valence-corrected chi connectivity index (χ3v) is 2.98. The molecule has 0 heterocycles. The zero-order valence-electron chi connectivity index (χ0n) is 9.13. The molecule has 2 atom stereocenters. The van der Waals surface area contributed by atoms with Gasteiger partial charge in [-0.25, -0.2) is 0 Å². The molecule has 16 heavy (non-hydrogen) atoms. The van der Waals surface area contributed by atoms with Gasteiger partial charge in [0, 0.05) is 13.0 Å². The van der Waals surface area contributed by atoms with Crippen LogP contribution in [0.3, 0.4) is 0 Å². The number of aliphatic hydroxyl groups excluding tert-OH is 1. The van der Waals surface area contributed by atoms with Gasteiger partial charge in [0.15, 0.2) is 0 Å². The molecular weight excluding hydrogens is 204 g/mol. The fourth-order valence-corrected chi connectivity index (χ4v) is 1.79. The zero-order chi connectivity index (χ0) is 11.4. The zero-order valence-corrected chi connectivity index (χ0v) is 9.13. The van der Waals surface area contributed by atoms with Crippen molar-refractivity contribution in [3.8, 4) is 0 Å². The van der Waals surface area contributed by atoms with E-state index in [0.29, 0.717) is 24.9 Å². The predicted octanol–water partition coefficient (Wildman–Crippen LogP) is 1.75. The third-order valence-electron chi connectivity index (χ3n) is 2.98. The fourth-order valence-electron chi connectivity index (χ4n) is 1.79. The van der Waals surface area contributed by atoms with Gasteiger partial charge in [-0.15, -0.1) is 0 Å². The van der Waals surface area contributed by atoms with Crippen molar-refractivity contribution < 1.29 is 14.6 Å². The van der Waals surface area contributed by atoms with Crippen LogP contribution >= 0.6 is 0 Å². The van der Waals surface area contributed by atoms with Crippen molar-refractivity contribution in [2.45, 2.75) is 19.4 Å². The Labute approximate surface area is 95.0 Å². The second kappa shape index (κ2) is 5.12. The minimum Gasteiger partial charge on any atom is -0.461 e. The monoisotopic (exact) mass is 220 g/mol. The molecule has 1 N–H and O–H groups in total. The number of benzene rings is 1. The van der Waals surface area contributed by atoms with Crippen LogP contribution in [0.15, 0.2) is 30.3 Å². The normalized spacial score (nSPS) is 22.8. The Hall–Kier alpha value is -1.35. The number of aliphatic hydroxyl groups is 1. The van der Waals surface area contributed by atoms with E-state index in [2.05, 4.69) is 0 Å². The smallest absolute Gasteiger partial charge is 0.306 e. The molecule has 0 saturated heterocycles. The highest BCUT2D eigenvalue weighted by Gasteiger charge is 2.38. The van der Waals surface area contributed by atoms with Gasteiger partial charge >= 0.3 is 5.97 Å².